The van der Waals surface area contributed by atoms with Crippen LogP contribution in [0.15, 0.2) is 62.8 Å². The number of rotatable bonds is 5. The van der Waals surface area contributed by atoms with E-state index in [9.17, 15) is 17.6 Å². The van der Waals surface area contributed by atoms with Crippen molar-refractivity contribution < 1.29 is 17.2 Å². The summed E-state index contributed by atoms with van der Waals surface area (Å²) in [6, 6.07) is 10.5. The largest absolute Gasteiger partial charge is 0.419 e. The molecule has 4 N–H and O–H groups in total. The van der Waals surface area contributed by atoms with Crippen LogP contribution in [0.2, 0.25) is 0 Å². The number of nitrogens with two attached hydrogens (primary N) is 1. The molecule has 0 saturated carbocycles. The molecule has 0 aliphatic carbocycles. The van der Waals surface area contributed by atoms with Crippen LogP contribution in [0.3, 0.4) is 0 Å². The minimum absolute atomic E-state index is 0.0299. The van der Waals surface area contributed by atoms with Crippen molar-refractivity contribution in [2.45, 2.75) is 4.90 Å². The second-order valence-corrected chi connectivity index (χ2v) is 7.88. The summed E-state index contributed by atoms with van der Waals surface area (Å²) >= 11 is 0. The first-order valence-corrected chi connectivity index (χ1v) is 10.0. The van der Waals surface area contributed by atoms with Gasteiger partial charge in [-0.1, -0.05) is 6.07 Å². The van der Waals surface area contributed by atoms with Gasteiger partial charge < -0.3 is 15.1 Å². The Morgan fingerprint density at radius 1 is 1.13 bits per heavy atom. The third kappa shape index (κ3) is 3.86. The molecular weight excluding hydrogens is 415 g/mol. The summed E-state index contributed by atoms with van der Waals surface area (Å²) in [6.07, 6.45) is 0.966. The van der Waals surface area contributed by atoms with E-state index in [0.717, 1.165) is 6.20 Å². The maximum absolute atomic E-state index is 14.2. The van der Waals surface area contributed by atoms with E-state index in [1.165, 1.54) is 22.8 Å². The van der Waals surface area contributed by atoms with Gasteiger partial charge in [0, 0.05) is 18.4 Å². The van der Waals surface area contributed by atoms with Crippen LogP contribution in [0.5, 0.6) is 0 Å². The first-order valence-electron chi connectivity index (χ1n) is 8.50. The Balaban J connectivity index is 1.63. The van der Waals surface area contributed by atoms with E-state index in [-0.39, 0.29) is 16.7 Å². The van der Waals surface area contributed by atoms with Crippen LogP contribution < -0.4 is 21.5 Å². The predicted octanol–water partition coefficient (Wildman–Crippen LogP) is 2.20. The Labute approximate surface area is 169 Å². The van der Waals surface area contributed by atoms with Gasteiger partial charge in [-0.15, -0.1) is 0 Å². The number of sulfonamides is 1. The van der Waals surface area contributed by atoms with Crippen molar-refractivity contribution in [3.63, 3.8) is 0 Å². The lowest BCUT2D eigenvalue weighted by Gasteiger charge is -2.10. The van der Waals surface area contributed by atoms with Crippen molar-refractivity contribution in [3.05, 3.63) is 65.0 Å². The molecule has 0 aliphatic heterocycles. The molecule has 2 aromatic heterocycles. The second-order valence-electron chi connectivity index (χ2n) is 6.32. The Morgan fingerprint density at radius 3 is 2.67 bits per heavy atom. The number of benzene rings is 2. The second kappa shape index (κ2) is 7.24. The normalized spacial score (nSPS) is 11.6. The fourth-order valence-electron chi connectivity index (χ4n) is 2.74. The lowest BCUT2D eigenvalue weighted by atomic mass is 10.3. The Bertz CT molecular complexity index is 1430. The van der Waals surface area contributed by atoms with E-state index < -0.39 is 21.6 Å². The molecule has 2 aromatic carbocycles. The smallest absolute Gasteiger partial charge is 0.408 e. The molecule has 4 aromatic rings. The van der Waals surface area contributed by atoms with E-state index in [0.29, 0.717) is 22.5 Å². The maximum atomic E-state index is 14.2. The third-order valence-corrected chi connectivity index (χ3v) is 5.13. The number of hydrogen-bond donors (Lipinski definition) is 3. The lowest BCUT2D eigenvalue weighted by molar-refractivity contribution is 0.528. The fraction of sp³-hybridized carbons (Fsp3) is 0.0556. The van der Waals surface area contributed by atoms with E-state index in [2.05, 4.69) is 20.6 Å². The number of halogens is 1. The molecule has 154 valence electrons. The summed E-state index contributed by atoms with van der Waals surface area (Å²) in [7, 11) is -2.32. The highest BCUT2D eigenvalue weighted by Gasteiger charge is 2.12. The molecule has 0 fully saturated rings. The number of oxazole rings is 1. The van der Waals surface area contributed by atoms with Gasteiger partial charge in [0.25, 0.3) is 0 Å². The van der Waals surface area contributed by atoms with Gasteiger partial charge in [0.05, 0.1) is 16.6 Å². The molecule has 2 heterocycles. The van der Waals surface area contributed by atoms with Crippen molar-refractivity contribution in [1.29, 1.82) is 0 Å². The minimum atomic E-state index is -3.88. The van der Waals surface area contributed by atoms with Crippen LogP contribution in [0.4, 0.5) is 27.5 Å². The zero-order chi connectivity index (χ0) is 21.5. The van der Waals surface area contributed by atoms with Crippen molar-refractivity contribution in [2.24, 2.45) is 12.2 Å². The highest BCUT2D eigenvalue weighted by atomic mass is 32.2. The van der Waals surface area contributed by atoms with Crippen molar-refractivity contribution in [3.8, 4) is 0 Å². The summed E-state index contributed by atoms with van der Waals surface area (Å²) in [5, 5.41) is 10.8. The average Bonchev–Trinajstić information content (AvgIpc) is 2.98. The number of fused-ring (bicyclic) bond motifs is 1. The minimum Gasteiger partial charge on any atom is -0.408 e. The van der Waals surface area contributed by atoms with Gasteiger partial charge in [0.15, 0.2) is 17.2 Å². The van der Waals surface area contributed by atoms with Gasteiger partial charge in [-0.25, -0.2) is 27.7 Å². The highest BCUT2D eigenvalue weighted by molar-refractivity contribution is 7.89. The van der Waals surface area contributed by atoms with Gasteiger partial charge in [0.1, 0.15) is 0 Å². The molecule has 0 atom stereocenters. The molecule has 10 nitrogen and oxygen atoms in total. The summed E-state index contributed by atoms with van der Waals surface area (Å²) in [5.74, 6) is -1.31. The zero-order valence-corrected chi connectivity index (χ0v) is 16.3. The number of nitrogens with one attached hydrogen (secondary N) is 2. The molecule has 0 aliphatic rings. The molecule has 0 unspecified atom stereocenters. The molecule has 30 heavy (non-hydrogen) atoms. The predicted molar refractivity (Wildman–Crippen MR) is 108 cm³/mol. The Hall–Kier alpha value is -3.77. The summed E-state index contributed by atoms with van der Waals surface area (Å²) in [6.45, 7) is 0. The number of nitrogens with zero attached hydrogens (tertiary/aromatic N) is 3. The highest BCUT2D eigenvalue weighted by Crippen LogP contribution is 2.24. The summed E-state index contributed by atoms with van der Waals surface area (Å²) in [4.78, 5) is 19.5. The average molecular weight is 430 g/mol. The monoisotopic (exact) mass is 430 g/mol. The molecular formula is C18H15FN6O4S. The number of aryl methyl sites for hydroxylation is 1. The molecule has 12 heteroatoms. The maximum Gasteiger partial charge on any atom is 0.419 e. The molecule has 0 bridgehead atoms. The molecule has 4 rings (SSSR count). The number of primary sulfonamides is 1. The number of aromatic nitrogens is 3. The van der Waals surface area contributed by atoms with Crippen LogP contribution in [-0.4, -0.2) is 23.0 Å². The molecule has 0 saturated heterocycles. The van der Waals surface area contributed by atoms with E-state index in [1.807, 2.05) is 0 Å². The van der Waals surface area contributed by atoms with Crippen LogP contribution >= 0.6 is 0 Å². The summed E-state index contributed by atoms with van der Waals surface area (Å²) in [5.41, 5.74) is 1.75. The molecule has 0 radical (unpaired) electrons. The Kier molecular flexibility index (Phi) is 4.72. The van der Waals surface area contributed by atoms with Crippen molar-refractivity contribution >= 4 is 44.3 Å². The van der Waals surface area contributed by atoms with Crippen LogP contribution in [0, 0.1) is 5.82 Å². The van der Waals surface area contributed by atoms with Crippen molar-refractivity contribution in [1.82, 2.24) is 14.5 Å². The van der Waals surface area contributed by atoms with E-state index in [1.54, 1.807) is 31.3 Å². The molecule has 0 amide bonds. The third-order valence-electron chi connectivity index (χ3n) is 4.22. The topological polar surface area (TPSA) is 145 Å². The number of hydrogen-bond acceptors (Lipinski definition) is 8. The van der Waals surface area contributed by atoms with Gasteiger partial charge >= 0.3 is 5.76 Å². The van der Waals surface area contributed by atoms with Crippen LogP contribution in [0.1, 0.15) is 0 Å². The van der Waals surface area contributed by atoms with Crippen LogP contribution in [0.25, 0.3) is 11.1 Å². The SMILES string of the molecule is Cn1c(=O)oc2ccc(Nc3nc(Nc4cccc(S(N)(=O)=O)c4)ncc3F)cc21. The van der Waals surface area contributed by atoms with Gasteiger partial charge in [-0.05, 0) is 36.4 Å². The Morgan fingerprint density at radius 2 is 1.90 bits per heavy atom. The standard InChI is InChI=1S/C18H15FN6O4S/c1-25-14-8-11(5-6-15(14)29-18(25)26)22-16-13(19)9-21-17(24-16)23-10-3-2-4-12(7-10)30(20,27)28/h2-9H,1H3,(H2,20,27,28)(H2,21,22,23,24). The summed E-state index contributed by atoms with van der Waals surface area (Å²) < 4.78 is 43.6. The van der Waals surface area contributed by atoms with Gasteiger partial charge in [-0.3, -0.25) is 4.57 Å². The first kappa shape index (κ1) is 19.5. The fourth-order valence-corrected chi connectivity index (χ4v) is 3.30. The van der Waals surface area contributed by atoms with E-state index >= 15 is 0 Å². The van der Waals surface area contributed by atoms with Gasteiger partial charge in [-0.2, -0.15) is 4.98 Å². The van der Waals surface area contributed by atoms with Crippen molar-refractivity contribution in [2.75, 3.05) is 10.6 Å². The van der Waals surface area contributed by atoms with Gasteiger partial charge in [0.2, 0.25) is 16.0 Å². The van der Waals surface area contributed by atoms with Crippen LogP contribution in [-0.2, 0) is 17.1 Å². The molecule has 0 spiro atoms. The zero-order valence-electron chi connectivity index (χ0n) is 15.5. The first-order chi connectivity index (χ1) is 14.2. The van der Waals surface area contributed by atoms with E-state index in [4.69, 9.17) is 9.56 Å². The number of anilines is 4. The lowest BCUT2D eigenvalue weighted by Crippen LogP contribution is -2.12. The quantitative estimate of drug-likeness (QED) is 0.437.